The summed E-state index contributed by atoms with van der Waals surface area (Å²) in [6.07, 6.45) is 1.06. The molecule has 0 unspecified atom stereocenters. The van der Waals surface area contributed by atoms with Crippen molar-refractivity contribution < 1.29 is 4.79 Å². The summed E-state index contributed by atoms with van der Waals surface area (Å²) in [4.78, 5) is 21.9. The van der Waals surface area contributed by atoms with E-state index in [1.54, 1.807) is 11.3 Å². The number of hydrogen-bond donors (Lipinski definition) is 1. The van der Waals surface area contributed by atoms with Gasteiger partial charge in [-0.3, -0.25) is 9.69 Å². The Morgan fingerprint density at radius 1 is 1.17 bits per heavy atom. The predicted octanol–water partition coefficient (Wildman–Crippen LogP) is 4.17. The summed E-state index contributed by atoms with van der Waals surface area (Å²) >= 11 is 5.20. The van der Waals surface area contributed by atoms with Crippen LogP contribution in [0.4, 0.5) is 5.13 Å². The molecule has 1 N–H and O–H groups in total. The highest BCUT2D eigenvalue weighted by molar-refractivity contribution is 9.10. The first-order chi connectivity index (χ1) is 14.1. The van der Waals surface area contributed by atoms with Crippen LogP contribution >= 0.6 is 27.3 Å². The molecule has 1 fully saturated rings. The van der Waals surface area contributed by atoms with Crippen LogP contribution in [-0.4, -0.2) is 55.1 Å². The number of nitrogens with one attached hydrogen (secondary N) is 1. The molecule has 7 heteroatoms. The second-order valence-corrected chi connectivity index (χ2v) is 9.17. The largest absolute Gasteiger partial charge is 0.351 e. The lowest BCUT2D eigenvalue weighted by atomic mass is 10.2. The van der Waals surface area contributed by atoms with Gasteiger partial charge in [-0.15, -0.1) is 0 Å². The third-order valence-electron chi connectivity index (χ3n) is 5.29. The van der Waals surface area contributed by atoms with Gasteiger partial charge in [0.1, 0.15) is 0 Å². The molecule has 0 bridgehead atoms. The lowest BCUT2D eigenvalue weighted by Crippen LogP contribution is -2.48. The molecule has 29 heavy (non-hydrogen) atoms. The van der Waals surface area contributed by atoms with Gasteiger partial charge in [-0.05, 0) is 42.3 Å². The summed E-state index contributed by atoms with van der Waals surface area (Å²) in [5.41, 5.74) is 3.15. The van der Waals surface area contributed by atoms with Crippen LogP contribution in [0.25, 0.3) is 10.2 Å². The van der Waals surface area contributed by atoms with Crippen molar-refractivity contribution in [1.29, 1.82) is 0 Å². The summed E-state index contributed by atoms with van der Waals surface area (Å²) in [7, 11) is 0. The highest BCUT2D eigenvalue weighted by Crippen LogP contribution is 2.30. The first-order valence-electron chi connectivity index (χ1n) is 10.0. The van der Waals surface area contributed by atoms with Gasteiger partial charge in [0.15, 0.2) is 5.13 Å². The SMILES string of the molecule is CCc1ccc2nc(N3CCN(CCNC(=O)c4cccc(Br)c4)CC3)sc2c1. The molecule has 5 nitrogen and oxygen atoms in total. The molecule has 3 aromatic rings. The van der Waals surface area contributed by atoms with Gasteiger partial charge in [-0.2, -0.15) is 0 Å². The van der Waals surface area contributed by atoms with Crippen molar-refractivity contribution in [3.05, 3.63) is 58.1 Å². The van der Waals surface area contributed by atoms with E-state index < -0.39 is 0 Å². The molecular weight excluding hydrogens is 448 g/mol. The standard InChI is InChI=1S/C22H25BrN4OS/c1-2-16-6-7-19-20(14-16)29-22(25-19)27-12-10-26(11-13-27)9-8-24-21(28)17-4-3-5-18(23)15-17/h3-7,14-15H,2,8-13H2,1H3,(H,24,28). The normalized spacial score (nSPS) is 15.0. The molecule has 1 amide bonds. The van der Waals surface area contributed by atoms with Crippen LogP contribution in [0.2, 0.25) is 0 Å². The minimum Gasteiger partial charge on any atom is -0.351 e. The first-order valence-corrected chi connectivity index (χ1v) is 11.6. The number of aromatic nitrogens is 1. The number of nitrogens with zero attached hydrogens (tertiary/aromatic N) is 3. The second kappa shape index (κ2) is 9.24. The summed E-state index contributed by atoms with van der Waals surface area (Å²) < 4.78 is 2.19. The molecule has 1 saturated heterocycles. The molecule has 1 aliphatic heterocycles. The molecule has 0 spiro atoms. The van der Waals surface area contributed by atoms with Crippen LogP contribution in [0.15, 0.2) is 46.9 Å². The van der Waals surface area contributed by atoms with Crippen molar-refractivity contribution in [1.82, 2.24) is 15.2 Å². The number of halogens is 1. The lowest BCUT2D eigenvalue weighted by Gasteiger charge is -2.34. The number of carbonyl (C=O) groups excluding carboxylic acids is 1. The topological polar surface area (TPSA) is 48.5 Å². The Balaban J connectivity index is 1.26. The van der Waals surface area contributed by atoms with E-state index in [0.29, 0.717) is 12.1 Å². The molecule has 0 radical (unpaired) electrons. The van der Waals surface area contributed by atoms with Crippen LogP contribution in [-0.2, 0) is 6.42 Å². The fraction of sp³-hybridized carbons (Fsp3) is 0.364. The minimum atomic E-state index is -0.0224. The monoisotopic (exact) mass is 472 g/mol. The smallest absolute Gasteiger partial charge is 0.251 e. The number of benzene rings is 2. The summed E-state index contributed by atoms with van der Waals surface area (Å²) in [6, 6.07) is 14.1. The first kappa shape index (κ1) is 20.3. The van der Waals surface area contributed by atoms with Gasteiger partial charge >= 0.3 is 0 Å². The van der Waals surface area contributed by atoms with Gasteiger partial charge in [0.25, 0.3) is 5.91 Å². The van der Waals surface area contributed by atoms with Crippen LogP contribution in [0.3, 0.4) is 0 Å². The van der Waals surface area contributed by atoms with Crippen molar-refractivity contribution in [2.75, 3.05) is 44.2 Å². The molecule has 0 aliphatic carbocycles. The van der Waals surface area contributed by atoms with E-state index in [1.165, 1.54) is 10.3 Å². The Morgan fingerprint density at radius 2 is 2.00 bits per heavy atom. The van der Waals surface area contributed by atoms with E-state index in [2.05, 4.69) is 56.2 Å². The Labute approximate surface area is 183 Å². The van der Waals surface area contributed by atoms with Crippen LogP contribution in [0.1, 0.15) is 22.8 Å². The minimum absolute atomic E-state index is 0.0224. The van der Waals surface area contributed by atoms with Gasteiger partial charge < -0.3 is 10.2 Å². The Morgan fingerprint density at radius 3 is 2.76 bits per heavy atom. The fourth-order valence-electron chi connectivity index (χ4n) is 3.53. The number of aryl methyl sites for hydroxylation is 1. The van der Waals surface area contributed by atoms with Crippen LogP contribution in [0.5, 0.6) is 0 Å². The van der Waals surface area contributed by atoms with Crippen molar-refractivity contribution >= 4 is 48.5 Å². The van der Waals surface area contributed by atoms with Crippen LogP contribution in [0, 0.1) is 0 Å². The summed E-state index contributed by atoms with van der Waals surface area (Å²) in [5, 5.41) is 4.14. The maximum atomic E-state index is 12.2. The number of thiazole rings is 1. The van der Waals surface area contributed by atoms with Crippen LogP contribution < -0.4 is 10.2 Å². The maximum absolute atomic E-state index is 12.2. The zero-order valence-corrected chi connectivity index (χ0v) is 18.9. The summed E-state index contributed by atoms with van der Waals surface area (Å²) in [5.74, 6) is -0.0224. The number of piperazine rings is 1. The van der Waals surface area contributed by atoms with E-state index in [1.807, 2.05) is 24.3 Å². The Kier molecular flexibility index (Phi) is 6.47. The van der Waals surface area contributed by atoms with E-state index in [0.717, 1.165) is 54.3 Å². The quantitative estimate of drug-likeness (QED) is 0.584. The number of fused-ring (bicyclic) bond motifs is 1. The molecule has 152 valence electrons. The number of amides is 1. The average molecular weight is 473 g/mol. The van der Waals surface area contributed by atoms with Gasteiger partial charge in [0, 0.05) is 49.3 Å². The molecule has 4 rings (SSSR count). The number of anilines is 1. The van der Waals surface area contributed by atoms with E-state index >= 15 is 0 Å². The lowest BCUT2D eigenvalue weighted by molar-refractivity contribution is 0.0947. The average Bonchev–Trinajstić information content (AvgIpc) is 3.17. The number of hydrogen-bond acceptors (Lipinski definition) is 5. The Bertz CT molecular complexity index is 997. The summed E-state index contributed by atoms with van der Waals surface area (Å²) in [6.45, 7) is 7.63. The van der Waals surface area contributed by atoms with E-state index in [-0.39, 0.29) is 5.91 Å². The van der Waals surface area contributed by atoms with Crippen molar-refractivity contribution in [3.8, 4) is 0 Å². The molecule has 0 saturated carbocycles. The second-order valence-electron chi connectivity index (χ2n) is 7.25. The highest BCUT2D eigenvalue weighted by Gasteiger charge is 2.20. The predicted molar refractivity (Wildman–Crippen MR) is 124 cm³/mol. The van der Waals surface area contributed by atoms with Crippen molar-refractivity contribution in [3.63, 3.8) is 0 Å². The molecule has 2 aromatic carbocycles. The molecule has 2 heterocycles. The van der Waals surface area contributed by atoms with Crippen molar-refractivity contribution in [2.24, 2.45) is 0 Å². The maximum Gasteiger partial charge on any atom is 0.251 e. The third kappa shape index (κ3) is 4.97. The number of rotatable bonds is 6. The third-order valence-corrected chi connectivity index (χ3v) is 6.87. The molecular formula is C22H25BrN4OS. The zero-order chi connectivity index (χ0) is 20.2. The highest BCUT2D eigenvalue weighted by atomic mass is 79.9. The number of carbonyl (C=O) groups is 1. The Hall–Kier alpha value is -1.96. The molecule has 1 aromatic heterocycles. The molecule has 1 aliphatic rings. The van der Waals surface area contributed by atoms with Gasteiger partial charge in [0.2, 0.25) is 0 Å². The fourth-order valence-corrected chi connectivity index (χ4v) is 5.01. The van der Waals surface area contributed by atoms with E-state index in [9.17, 15) is 4.79 Å². The van der Waals surface area contributed by atoms with Gasteiger partial charge in [0.05, 0.1) is 10.2 Å². The van der Waals surface area contributed by atoms with E-state index in [4.69, 9.17) is 4.98 Å². The zero-order valence-electron chi connectivity index (χ0n) is 16.5. The molecule has 0 atom stereocenters. The van der Waals surface area contributed by atoms with Gasteiger partial charge in [-0.1, -0.05) is 46.3 Å². The van der Waals surface area contributed by atoms with Gasteiger partial charge in [-0.25, -0.2) is 4.98 Å². The van der Waals surface area contributed by atoms with Crippen molar-refractivity contribution in [2.45, 2.75) is 13.3 Å².